The topological polar surface area (TPSA) is 81.7 Å². The van der Waals surface area contributed by atoms with Crippen LogP contribution in [0.15, 0.2) is 24.3 Å². The molecule has 2 atom stereocenters. The minimum absolute atomic E-state index is 0.0340. The number of rotatable bonds is 6. The maximum Gasteiger partial charge on any atom is 0.328 e. The first-order chi connectivity index (χ1) is 10.4. The van der Waals surface area contributed by atoms with E-state index in [9.17, 15) is 18.8 Å². The largest absolute Gasteiger partial charge is 0.469 e. The first-order valence-corrected chi connectivity index (χ1v) is 6.61. The molecule has 6 nitrogen and oxygen atoms in total. The fraction of sp³-hybridized carbons (Fsp3) is 0.400. The fourth-order valence-electron chi connectivity index (χ4n) is 1.85. The highest BCUT2D eigenvalue weighted by Gasteiger charge is 2.27. The molecule has 1 rings (SSSR count). The average Bonchev–Trinajstić information content (AvgIpc) is 2.52. The van der Waals surface area contributed by atoms with Gasteiger partial charge in [-0.15, -0.1) is 0 Å². The summed E-state index contributed by atoms with van der Waals surface area (Å²) in [5.74, 6) is -2.80. The molecule has 1 N–H and O–H groups in total. The molecule has 7 heteroatoms. The fourth-order valence-corrected chi connectivity index (χ4v) is 1.85. The molecule has 0 spiro atoms. The summed E-state index contributed by atoms with van der Waals surface area (Å²) < 4.78 is 22.0. The number of carbonyl (C=O) groups is 3. The molecular weight excluding hydrogens is 293 g/mol. The van der Waals surface area contributed by atoms with E-state index in [1.165, 1.54) is 26.4 Å². The molecule has 22 heavy (non-hydrogen) atoms. The molecule has 1 aromatic carbocycles. The Hall–Kier alpha value is -2.44. The van der Waals surface area contributed by atoms with E-state index in [0.717, 1.165) is 12.1 Å². The van der Waals surface area contributed by atoms with Crippen molar-refractivity contribution in [2.24, 2.45) is 5.92 Å². The lowest BCUT2D eigenvalue weighted by Gasteiger charge is -2.19. The molecule has 0 heterocycles. The molecule has 0 bridgehead atoms. The zero-order valence-corrected chi connectivity index (χ0v) is 12.6. The monoisotopic (exact) mass is 311 g/mol. The maximum atomic E-state index is 12.8. The summed E-state index contributed by atoms with van der Waals surface area (Å²) in [7, 11) is 2.42. The lowest BCUT2D eigenvalue weighted by atomic mass is 10.0. The molecule has 1 aromatic rings. The van der Waals surface area contributed by atoms with Crippen molar-refractivity contribution < 1.29 is 28.2 Å². The van der Waals surface area contributed by atoms with E-state index >= 15 is 0 Å². The van der Waals surface area contributed by atoms with Crippen LogP contribution in [0.25, 0.3) is 0 Å². The molecule has 120 valence electrons. The average molecular weight is 311 g/mol. The van der Waals surface area contributed by atoms with Crippen molar-refractivity contribution in [2.45, 2.75) is 19.4 Å². The minimum Gasteiger partial charge on any atom is -0.469 e. The number of ether oxygens (including phenoxy) is 2. The van der Waals surface area contributed by atoms with E-state index in [1.807, 2.05) is 0 Å². The summed E-state index contributed by atoms with van der Waals surface area (Å²) in [5, 5.41) is 2.47. The van der Waals surface area contributed by atoms with Gasteiger partial charge in [-0.05, 0) is 30.7 Å². The smallest absolute Gasteiger partial charge is 0.328 e. The van der Waals surface area contributed by atoms with Crippen molar-refractivity contribution in [3.8, 4) is 0 Å². The molecule has 0 aliphatic carbocycles. The Morgan fingerprint density at radius 1 is 1.09 bits per heavy atom. The molecule has 0 saturated heterocycles. The van der Waals surface area contributed by atoms with Gasteiger partial charge in [0.2, 0.25) is 0 Å². The van der Waals surface area contributed by atoms with Crippen LogP contribution < -0.4 is 5.32 Å². The highest BCUT2D eigenvalue weighted by molar-refractivity contribution is 5.96. The van der Waals surface area contributed by atoms with Gasteiger partial charge in [0.05, 0.1) is 20.1 Å². The normalized spacial score (nSPS) is 12.9. The third-order valence-electron chi connectivity index (χ3n) is 3.09. The molecule has 0 saturated carbocycles. The summed E-state index contributed by atoms with van der Waals surface area (Å²) in [6.07, 6.45) is 0.0340. The van der Waals surface area contributed by atoms with E-state index in [2.05, 4.69) is 14.8 Å². The number of nitrogens with one attached hydrogen (secondary N) is 1. The number of amides is 1. The van der Waals surface area contributed by atoms with Crippen LogP contribution in [0, 0.1) is 11.7 Å². The van der Waals surface area contributed by atoms with E-state index in [1.54, 1.807) is 6.92 Å². The van der Waals surface area contributed by atoms with Gasteiger partial charge in [0, 0.05) is 5.56 Å². The Kier molecular flexibility index (Phi) is 6.49. The maximum absolute atomic E-state index is 12.8. The molecule has 0 aromatic heterocycles. The van der Waals surface area contributed by atoms with Crippen molar-refractivity contribution in [3.05, 3.63) is 35.6 Å². The first-order valence-electron chi connectivity index (χ1n) is 6.61. The number of carbonyl (C=O) groups excluding carboxylic acids is 3. The van der Waals surface area contributed by atoms with Crippen molar-refractivity contribution in [1.82, 2.24) is 5.32 Å². The lowest BCUT2D eigenvalue weighted by molar-refractivity contribution is -0.147. The highest BCUT2D eigenvalue weighted by atomic mass is 19.1. The molecule has 0 radical (unpaired) electrons. The summed E-state index contributed by atoms with van der Waals surface area (Å²) >= 11 is 0. The Bertz CT molecular complexity index is 543. The second-order valence-corrected chi connectivity index (χ2v) is 4.72. The number of benzene rings is 1. The van der Waals surface area contributed by atoms with Gasteiger partial charge in [-0.25, -0.2) is 9.18 Å². The quantitative estimate of drug-likeness (QED) is 0.801. The van der Waals surface area contributed by atoms with Gasteiger partial charge in [-0.1, -0.05) is 6.92 Å². The third-order valence-corrected chi connectivity index (χ3v) is 3.09. The van der Waals surface area contributed by atoms with Crippen molar-refractivity contribution in [2.75, 3.05) is 14.2 Å². The molecule has 0 aliphatic rings. The summed E-state index contributed by atoms with van der Waals surface area (Å²) in [4.78, 5) is 35.2. The standard InChI is InChI=1S/C15H18FNO5/c1-9(14(19)21-2)8-12(15(20)22-3)17-13(18)10-4-6-11(16)7-5-10/h4-7,9,12H,8H2,1-3H3,(H,17,18)/t9-,12-/m0/s1. The predicted molar refractivity (Wildman–Crippen MR) is 75.5 cm³/mol. The number of esters is 2. The van der Waals surface area contributed by atoms with Crippen LogP contribution in [0.3, 0.4) is 0 Å². The SMILES string of the molecule is COC(=O)[C@H](C[C@H](C)C(=O)OC)NC(=O)c1ccc(F)cc1. The van der Waals surface area contributed by atoms with E-state index in [4.69, 9.17) is 0 Å². The van der Waals surface area contributed by atoms with Crippen LogP contribution in [0.4, 0.5) is 4.39 Å². The number of hydrogen-bond acceptors (Lipinski definition) is 5. The number of halogens is 1. The highest BCUT2D eigenvalue weighted by Crippen LogP contribution is 2.11. The van der Waals surface area contributed by atoms with Gasteiger partial charge in [0.25, 0.3) is 5.91 Å². The molecule has 1 amide bonds. The van der Waals surface area contributed by atoms with Gasteiger partial charge in [-0.2, -0.15) is 0 Å². The number of methoxy groups -OCH3 is 2. The lowest BCUT2D eigenvalue weighted by Crippen LogP contribution is -2.43. The van der Waals surface area contributed by atoms with Gasteiger partial charge in [0.1, 0.15) is 11.9 Å². The minimum atomic E-state index is -1.00. The second-order valence-electron chi connectivity index (χ2n) is 4.72. The van der Waals surface area contributed by atoms with Gasteiger partial charge in [-0.3, -0.25) is 9.59 Å². The molecule has 0 aliphatic heterocycles. The molecule has 0 fully saturated rings. The van der Waals surface area contributed by atoms with Gasteiger partial charge < -0.3 is 14.8 Å². The third kappa shape index (κ3) is 4.83. The van der Waals surface area contributed by atoms with Gasteiger partial charge >= 0.3 is 11.9 Å². The van der Waals surface area contributed by atoms with Crippen molar-refractivity contribution >= 4 is 17.8 Å². The van der Waals surface area contributed by atoms with E-state index in [-0.39, 0.29) is 12.0 Å². The Morgan fingerprint density at radius 2 is 1.64 bits per heavy atom. The summed E-state index contributed by atoms with van der Waals surface area (Å²) in [6.45, 7) is 1.58. The van der Waals surface area contributed by atoms with E-state index < -0.39 is 35.6 Å². The van der Waals surface area contributed by atoms with Crippen LogP contribution in [0.1, 0.15) is 23.7 Å². The Morgan fingerprint density at radius 3 is 2.14 bits per heavy atom. The van der Waals surface area contributed by atoms with Crippen LogP contribution >= 0.6 is 0 Å². The van der Waals surface area contributed by atoms with Crippen LogP contribution in [-0.4, -0.2) is 38.1 Å². The van der Waals surface area contributed by atoms with Crippen LogP contribution in [0.5, 0.6) is 0 Å². The zero-order valence-electron chi connectivity index (χ0n) is 12.6. The van der Waals surface area contributed by atoms with Crippen LogP contribution in [0.2, 0.25) is 0 Å². The molecule has 0 unspecified atom stereocenters. The zero-order chi connectivity index (χ0) is 16.7. The number of hydrogen-bond donors (Lipinski definition) is 1. The summed E-state index contributed by atoms with van der Waals surface area (Å²) in [6, 6.07) is 3.86. The molecular formula is C15H18FNO5. The van der Waals surface area contributed by atoms with Crippen molar-refractivity contribution in [3.63, 3.8) is 0 Å². The second kappa shape index (κ2) is 8.11. The predicted octanol–water partition coefficient (Wildman–Crippen LogP) is 1.30. The Balaban J connectivity index is 2.80. The summed E-state index contributed by atoms with van der Waals surface area (Å²) in [5.41, 5.74) is 0.195. The van der Waals surface area contributed by atoms with Crippen LogP contribution in [-0.2, 0) is 19.1 Å². The Labute approximate surface area is 127 Å². The van der Waals surface area contributed by atoms with E-state index in [0.29, 0.717) is 0 Å². The first kappa shape index (κ1) is 17.6. The van der Waals surface area contributed by atoms with Gasteiger partial charge in [0.15, 0.2) is 0 Å². The van der Waals surface area contributed by atoms with Crippen molar-refractivity contribution in [1.29, 1.82) is 0 Å².